The predicted octanol–water partition coefficient (Wildman–Crippen LogP) is 3.61. The summed E-state index contributed by atoms with van der Waals surface area (Å²) >= 11 is 5.19. The molecule has 0 unspecified atom stereocenters. The number of pyridine rings is 1. The molecule has 2 N–H and O–H groups in total. The van der Waals surface area contributed by atoms with E-state index in [0.717, 1.165) is 29.4 Å². The molecule has 0 aliphatic rings. The minimum Gasteiger partial charge on any atom is -0.361 e. The molecule has 0 saturated carbocycles. The van der Waals surface area contributed by atoms with Crippen LogP contribution in [0.25, 0.3) is 10.9 Å². The fraction of sp³-hybridized carbons (Fsp3) is 0.353. The summed E-state index contributed by atoms with van der Waals surface area (Å²) in [5.74, 6) is 0. The molecule has 0 aliphatic heterocycles. The smallest absolute Gasteiger partial charge is 0.186 e. The van der Waals surface area contributed by atoms with E-state index in [4.69, 9.17) is 12.2 Å². The summed E-state index contributed by atoms with van der Waals surface area (Å²) in [5, 5.41) is 9.00. The number of hydrogen-bond acceptors (Lipinski definition) is 3. The van der Waals surface area contributed by atoms with Crippen LogP contribution in [0, 0.1) is 0 Å². The van der Waals surface area contributed by atoms with Crippen molar-refractivity contribution in [3.05, 3.63) is 42.1 Å². The van der Waals surface area contributed by atoms with Crippen molar-refractivity contribution in [3.63, 3.8) is 0 Å². The lowest BCUT2D eigenvalue weighted by molar-refractivity contribution is 0.651. The lowest BCUT2D eigenvalue weighted by Crippen LogP contribution is -2.32. The summed E-state index contributed by atoms with van der Waals surface area (Å²) in [6, 6.07) is 9.94. The second kappa shape index (κ2) is 9.10. The van der Waals surface area contributed by atoms with E-state index in [1.54, 1.807) is 12.4 Å². The van der Waals surface area contributed by atoms with Gasteiger partial charge in [-0.15, -0.1) is 0 Å². The Hall–Kier alpha value is -2.01. The van der Waals surface area contributed by atoms with E-state index in [-0.39, 0.29) is 0 Å². The van der Waals surface area contributed by atoms with Crippen molar-refractivity contribution in [2.45, 2.75) is 32.6 Å². The SMILES string of the molecule is CCCCCCNC(=S)N/N=C/c1ccnc2ccccc12. The Balaban J connectivity index is 1.82. The molecule has 0 fully saturated rings. The Morgan fingerprint density at radius 3 is 2.95 bits per heavy atom. The van der Waals surface area contributed by atoms with E-state index in [0.29, 0.717) is 5.11 Å². The number of hydrogen-bond donors (Lipinski definition) is 2. The van der Waals surface area contributed by atoms with Crippen molar-refractivity contribution in [1.82, 2.24) is 15.7 Å². The Morgan fingerprint density at radius 2 is 2.09 bits per heavy atom. The molecule has 116 valence electrons. The monoisotopic (exact) mass is 314 g/mol. The van der Waals surface area contributed by atoms with Gasteiger partial charge in [0, 0.05) is 23.7 Å². The number of thiocarbonyl (C=S) groups is 1. The number of hydrazone groups is 1. The fourth-order valence-corrected chi connectivity index (χ4v) is 2.34. The van der Waals surface area contributed by atoms with Gasteiger partial charge in [-0.1, -0.05) is 44.4 Å². The van der Waals surface area contributed by atoms with Crippen LogP contribution in [0.15, 0.2) is 41.6 Å². The van der Waals surface area contributed by atoms with Gasteiger partial charge in [-0.05, 0) is 30.8 Å². The predicted molar refractivity (Wildman–Crippen MR) is 97.2 cm³/mol. The highest BCUT2D eigenvalue weighted by molar-refractivity contribution is 7.80. The zero-order valence-corrected chi connectivity index (χ0v) is 13.7. The molecule has 1 heterocycles. The minimum absolute atomic E-state index is 0.561. The van der Waals surface area contributed by atoms with Gasteiger partial charge in [-0.2, -0.15) is 5.10 Å². The quantitative estimate of drug-likeness (QED) is 0.355. The molecular formula is C17H22N4S. The molecule has 0 radical (unpaired) electrons. The molecule has 0 aliphatic carbocycles. The summed E-state index contributed by atoms with van der Waals surface area (Å²) in [5.41, 5.74) is 4.83. The van der Waals surface area contributed by atoms with Gasteiger partial charge < -0.3 is 5.32 Å². The normalized spacial score (nSPS) is 11.0. The second-order valence-corrected chi connectivity index (χ2v) is 5.51. The van der Waals surface area contributed by atoms with E-state index in [2.05, 4.69) is 27.8 Å². The largest absolute Gasteiger partial charge is 0.361 e. The third-order valence-electron chi connectivity index (χ3n) is 3.37. The molecule has 0 saturated heterocycles. The topological polar surface area (TPSA) is 49.3 Å². The average molecular weight is 314 g/mol. The first-order valence-electron chi connectivity index (χ1n) is 7.72. The number of aromatic nitrogens is 1. The van der Waals surface area contributed by atoms with Crippen molar-refractivity contribution in [3.8, 4) is 0 Å². The van der Waals surface area contributed by atoms with Crippen LogP contribution < -0.4 is 10.7 Å². The lowest BCUT2D eigenvalue weighted by atomic mass is 10.1. The first-order valence-corrected chi connectivity index (χ1v) is 8.12. The number of unbranched alkanes of at least 4 members (excludes halogenated alkanes) is 3. The van der Waals surface area contributed by atoms with Crippen LogP contribution in [0.2, 0.25) is 0 Å². The Morgan fingerprint density at radius 1 is 1.23 bits per heavy atom. The number of fused-ring (bicyclic) bond motifs is 1. The highest BCUT2D eigenvalue weighted by Gasteiger charge is 1.98. The zero-order chi connectivity index (χ0) is 15.6. The molecular weight excluding hydrogens is 292 g/mol. The standard InChI is InChI=1S/C17H22N4S/c1-2-3-4-7-11-19-17(22)21-20-13-14-10-12-18-16-9-6-5-8-15(14)16/h5-6,8-10,12-13H,2-4,7,11H2,1H3,(H2,19,21,22)/b20-13+. The van der Waals surface area contributed by atoms with Gasteiger partial charge in [0.15, 0.2) is 5.11 Å². The fourth-order valence-electron chi connectivity index (χ4n) is 2.18. The summed E-state index contributed by atoms with van der Waals surface area (Å²) in [6.07, 6.45) is 8.44. The molecule has 1 aromatic heterocycles. The summed E-state index contributed by atoms with van der Waals surface area (Å²) in [4.78, 5) is 4.33. The number of nitrogens with one attached hydrogen (secondary N) is 2. The van der Waals surface area contributed by atoms with Crippen molar-refractivity contribution >= 4 is 34.4 Å². The summed E-state index contributed by atoms with van der Waals surface area (Å²) in [7, 11) is 0. The maximum absolute atomic E-state index is 5.19. The minimum atomic E-state index is 0.561. The summed E-state index contributed by atoms with van der Waals surface area (Å²) < 4.78 is 0. The van der Waals surface area contributed by atoms with E-state index >= 15 is 0 Å². The highest BCUT2D eigenvalue weighted by atomic mass is 32.1. The average Bonchev–Trinajstić information content (AvgIpc) is 2.55. The molecule has 22 heavy (non-hydrogen) atoms. The van der Waals surface area contributed by atoms with E-state index < -0.39 is 0 Å². The number of para-hydroxylation sites is 1. The van der Waals surface area contributed by atoms with Crippen LogP contribution >= 0.6 is 12.2 Å². The van der Waals surface area contributed by atoms with Crippen molar-refractivity contribution < 1.29 is 0 Å². The van der Waals surface area contributed by atoms with Gasteiger partial charge in [0.2, 0.25) is 0 Å². The Kier molecular flexibility index (Phi) is 6.77. The van der Waals surface area contributed by atoms with Crippen LogP contribution in [0.5, 0.6) is 0 Å². The first-order chi connectivity index (χ1) is 10.8. The molecule has 1 aromatic carbocycles. The third-order valence-corrected chi connectivity index (χ3v) is 3.60. The van der Waals surface area contributed by atoms with Crippen LogP contribution in [-0.2, 0) is 0 Å². The first kappa shape index (κ1) is 16.4. The maximum Gasteiger partial charge on any atom is 0.186 e. The van der Waals surface area contributed by atoms with Gasteiger partial charge in [0.05, 0.1) is 11.7 Å². The molecule has 5 heteroatoms. The van der Waals surface area contributed by atoms with Crippen LogP contribution in [0.1, 0.15) is 38.2 Å². The molecule has 0 spiro atoms. The van der Waals surface area contributed by atoms with E-state index in [9.17, 15) is 0 Å². The van der Waals surface area contributed by atoms with Crippen molar-refractivity contribution in [2.75, 3.05) is 6.54 Å². The molecule has 0 amide bonds. The van der Waals surface area contributed by atoms with E-state index in [1.165, 1.54) is 19.3 Å². The Labute approximate surface area is 137 Å². The number of rotatable bonds is 7. The molecule has 0 atom stereocenters. The second-order valence-electron chi connectivity index (χ2n) is 5.10. The molecule has 2 aromatic rings. The molecule has 2 rings (SSSR count). The summed E-state index contributed by atoms with van der Waals surface area (Å²) in [6.45, 7) is 3.09. The van der Waals surface area contributed by atoms with Crippen LogP contribution in [0.4, 0.5) is 0 Å². The maximum atomic E-state index is 5.19. The van der Waals surface area contributed by atoms with Gasteiger partial charge >= 0.3 is 0 Å². The highest BCUT2D eigenvalue weighted by Crippen LogP contribution is 2.13. The molecule has 4 nitrogen and oxygen atoms in total. The van der Waals surface area contributed by atoms with Gasteiger partial charge in [0.1, 0.15) is 0 Å². The molecule has 0 bridgehead atoms. The zero-order valence-electron chi connectivity index (χ0n) is 12.9. The number of nitrogens with zero attached hydrogens (tertiary/aromatic N) is 2. The van der Waals surface area contributed by atoms with E-state index in [1.807, 2.05) is 30.3 Å². The van der Waals surface area contributed by atoms with Gasteiger partial charge in [-0.3, -0.25) is 10.4 Å². The van der Waals surface area contributed by atoms with Gasteiger partial charge in [-0.25, -0.2) is 0 Å². The van der Waals surface area contributed by atoms with Crippen molar-refractivity contribution in [1.29, 1.82) is 0 Å². The third kappa shape index (κ3) is 5.07. The van der Waals surface area contributed by atoms with Crippen molar-refractivity contribution in [2.24, 2.45) is 5.10 Å². The number of benzene rings is 1. The van der Waals surface area contributed by atoms with Gasteiger partial charge in [0.25, 0.3) is 0 Å². The lowest BCUT2D eigenvalue weighted by Gasteiger charge is -2.06. The Bertz CT molecular complexity index is 634. The van der Waals surface area contributed by atoms with Crippen LogP contribution in [-0.4, -0.2) is 22.9 Å². The van der Waals surface area contributed by atoms with Crippen LogP contribution in [0.3, 0.4) is 0 Å².